The second-order valence-corrected chi connectivity index (χ2v) is 7.85. The van der Waals surface area contributed by atoms with Crippen molar-refractivity contribution in [3.8, 4) is 11.4 Å². The molecule has 2 heterocycles. The van der Waals surface area contributed by atoms with E-state index in [2.05, 4.69) is 11.8 Å². The molecule has 0 N–H and O–H groups in total. The molecule has 32 heavy (non-hydrogen) atoms. The number of aromatic nitrogens is 2. The summed E-state index contributed by atoms with van der Waals surface area (Å²) < 4.78 is 15.0. The first-order valence-corrected chi connectivity index (χ1v) is 11.0. The van der Waals surface area contributed by atoms with E-state index >= 15 is 0 Å². The van der Waals surface area contributed by atoms with Crippen LogP contribution in [0.5, 0.6) is 0 Å². The molecule has 0 unspecified atom stereocenters. The van der Waals surface area contributed by atoms with Crippen LogP contribution in [-0.2, 0) is 24.3 Å². The topological polar surface area (TPSA) is 58.4 Å². The van der Waals surface area contributed by atoms with E-state index in [-0.39, 0.29) is 23.8 Å². The van der Waals surface area contributed by atoms with Crippen LogP contribution >= 0.6 is 0 Å². The highest BCUT2D eigenvalue weighted by atomic mass is 19.1. The van der Waals surface area contributed by atoms with Crippen LogP contribution in [0.15, 0.2) is 59.4 Å². The third-order valence-corrected chi connectivity index (χ3v) is 5.92. The molecular weight excluding hydrogens is 407 g/mol. The first-order chi connectivity index (χ1) is 15.5. The number of carbonyl (C=O) groups is 1. The molecule has 1 amide bonds. The third-order valence-electron chi connectivity index (χ3n) is 5.92. The highest BCUT2D eigenvalue weighted by Crippen LogP contribution is 2.22. The second kappa shape index (κ2) is 9.44. The summed E-state index contributed by atoms with van der Waals surface area (Å²) in [5.74, 6) is -0.165. The molecule has 0 bridgehead atoms. The van der Waals surface area contributed by atoms with E-state index in [1.807, 2.05) is 37.3 Å². The molecule has 7 heteroatoms. The predicted octanol–water partition coefficient (Wildman–Crippen LogP) is 3.48. The molecule has 1 aliphatic rings. The number of likely N-dealkylation sites (N-methyl/N-ethyl adjacent to an activating group) is 2. The summed E-state index contributed by atoms with van der Waals surface area (Å²) in [5.41, 5.74) is 2.59. The fourth-order valence-corrected chi connectivity index (χ4v) is 4.14. The van der Waals surface area contributed by atoms with Crippen molar-refractivity contribution in [1.29, 1.82) is 0 Å². The van der Waals surface area contributed by atoms with E-state index in [1.54, 1.807) is 17.0 Å². The van der Waals surface area contributed by atoms with Gasteiger partial charge in [-0.2, -0.15) is 0 Å². The van der Waals surface area contributed by atoms with Crippen molar-refractivity contribution in [2.75, 3.05) is 24.5 Å². The third kappa shape index (κ3) is 4.34. The Labute approximate surface area is 186 Å². The minimum atomic E-state index is -0.364. The lowest BCUT2D eigenvalue weighted by Crippen LogP contribution is -2.41. The highest BCUT2D eigenvalue weighted by Gasteiger charge is 2.25. The summed E-state index contributed by atoms with van der Waals surface area (Å²) in [6, 6.07) is 15.3. The standard InChI is InChI=1S/C25H27FN4O2/c1-3-28-15-14-22-21(16-28)25(32)30(24(27-22)18-10-12-19(26)13-11-18)17-23(31)29(4-2)20-8-6-5-7-9-20/h5-13H,3-4,14-17H2,1-2H3. The Hall–Kier alpha value is -3.32. The molecule has 2 aromatic carbocycles. The molecule has 6 nitrogen and oxygen atoms in total. The Kier molecular flexibility index (Phi) is 6.46. The van der Waals surface area contributed by atoms with Gasteiger partial charge in [0.2, 0.25) is 5.91 Å². The number of para-hydroxylation sites is 1. The summed E-state index contributed by atoms with van der Waals surface area (Å²) in [6.07, 6.45) is 0.673. The van der Waals surface area contributed by atoms with E-state index in [9.17, 15) is 14.0 Å². The summed E-state index contributed by atoms with van der Waals surface area (Å²) in [4.78, 5) is 35.5. The van der Waals surface area contributed by atoms with E-state index in [1.165, 1.54) is 16.7 Å². The molecule has 1 aliphatic heterocycles. The number of hydrogen-bond donors (Lipinski definition) is 0. The Morgan fingerprint density at radius 3 is 2.47 bits per heavy atom. The van der Waals surface area contributed by atoms with Gasteiger partial charge in [-0.1, -0.05) is 25.1 Å². The summed E-state index contributed by atoms with van der Waals surface area (Å²) in [5, 5.41) is 0. The minimum absolute atomic E-state index is 0.138. The van der Waals surface area contributed by atoms with Gasteiger partial charge in [-0.3, -0.25) is 19.1 Å². The van der Waals surface area contributed by atoms with Gasteiger partial charge in [0.1, 0.15) is 18.2 Å². The van der Waals surface area contributed by atoms with Crippen LogP contribution in [0.4, 0.5) is 10.1 Å². The average molecular weight is 435 g/mol. The Bertz CT molecular complexity index is 1160. The smallest absolute Gasteiger partial charge is 0.259 e. The number of hydrogen-bond acceptors (Lipinski definition) is 4. The van der Waals surface area contributed by atoms with Crippen molar-refractivity contribution in [2.45, 2.75) is 33.4 Å². The van der Waals surface area contributed by atoms with Crippen LogP contribution in [0, 0.1) is 5.82 Å². The Morgan fingerprint density at radius 1 is 1.09 bits per heavy atom. The first-order valence-electron chi connectivity index (χ1n) is 11.0. The number of amides is 1. The molecule has 0 spiro atoms. The van der Waals surface area contributed by atoms with Gasteiger partial charge in [0.15, 0.2) is 0 Å². The molecule has 0 saturated heterocycles. The van der Waals surface area contributed by atoms with Crippen LogP contribution in [-0.4, -0.2) is 40.0 Å². The normalized spacial score (nSPS) is 13.6. The van der Waals surface area contributed by atoms with E-state index in [0.29, 0.717) is 36.5 Å². The van der Waals surface area contributed by atoms with Crippen molar-refractivity contribution in [3.05, 3.63) is 82.0 Å². The molecule has 1 aromatic heterocycles. The molecule has 166 valence electrons. The van der Waals surface area contributed by atoms with Crippen LogP contribution < -0.4 is 10.5 Å². The minimum Gasteiger partial charge on any atom is -0.311 e. The maximum absolute atomic E-state index is 13.6. The molecule has 0 aliphatic carbocycles. The van der Waals surface area contributed by atoms with Gasteiger partial charge >= 0.3 is 0 Å². The zero-order valence-electron chi connectivity index (χ0n) is 18.4. The van der Waals surface area contributed by atoms with Gasteiger partial charge in [0.25, 0.3) is 5.56 Å². The van der Waals surface area contributed by atoms with Gasteiger partial charge in [-0.25, -0.2) is 9.37 Å². The number of rotatable bonds is 6. The SMILES string of the molecule is CCN1CCc2nc(-c3ccc(F)cc3)n(CC(=O)N(CC)c3ccccc3)c(=O)c2C1. The molecular formula is C25H27FN4O2. The number of carbonyl (C=O) groups excluding carboxylic acids is 1. The Morgan fingerprint density at radius 2 is 1.81 bits per heavy atom. The van der Waals surface area contributed by atoms with Gasteiger partial charge in [0.05, 0.1) is 11.3 Å². The summed E-state index contributed by atoms with van der Waals surface area (Å²) in [6.45, 7) is 6.50. The second-order valence-electron chi connectivity index (χ2n) is 7.85. The fourth-order valence-electron chi connectivity index (χ4n) is 4.14. The predicted molar refractivity (Wildman–Crippen MR) is 123 cm³/mol. The van der Waals surface area contributed by atoms with Crippen molar-refractivity contribution in [3.63, 3.8) is 0 Å². The van der Waals surface area contributed by atoms with Crippen molar-refractivity contribution >= 4 is 11.6 Å². The summed E-state index contributed by atoms with van der Waals surface area (Å²) in [7, 11) is 0. The number of fused-ring (bicyclic) bond motifs is 1. The summed E-state index contributed by atoms with van der Waals surface area (Å²) >= 11 is 0. The molecule has 0 atom stereocenters. The number of halogens is 1. The number of anilines is 1. The van der Waals surface area contributed by atoms with Gasteiger partial charge in [0, 0.05) is 37.3 Å². The number of nitrogens with zero attached hydrogens (tertiary/aromatic N) is 4. The van der Waals surface area contributed by atoms with Crippen LogP contribution in [0.25, 0.3) is 11.4 Å². The molecule has 4 rings (SSSR count). The molecule has 3 aromatic rings. The largest absolute Gasteiger partial charge is 0.311 e. The van der Waals surface area contributed by atoms with Gasteiger partial charge in [-0.05, 0) is 49.9 Å². The highest BCUT2D eigenvalue weighted by molar-refractivity contribution is 5.93. The van der Waals surface area contributed by atoms with E-state index in [0.717, 1.165) is 24.5 Å². The van der Waals surface area contributed by atoms with Gasteiger partial charge < -0.3 is 4.90 Å². The molecule has 0 saturated carbocycles. The maximum atomic E-state index is 13.6. The quantitative estimate of drug-likeness (QED) is 0.596. The Balaban J connectivity index is 1.79. The van der Waals surface area contributed by atoms with Crippen molar-refractivity contribution in [2.24, 2.45) is 0 Å². The zero-order chi connectivity index (χ0) is 22.7. The zero-order valence-corrected chi connectivity index (χ0v) is 18.4. The maximum Gasteiger partial charge on any atom is 0.259 e. The lowest BCUT2D eigenvalue weighted by atomic mass is 10.1. The lowest BCUT2D eigenvalue weighted by Gasteiger charge is -2.28. The lowest BCUT2D eigenvalue weighted by molar-refractivity contribution is -0.119. The number of benzene rings is 2. The van der Waals surface area contributed by atoms with Gasteiger partial charge in [-0.15, -0.1) is 0 Å². The van der Waals surface area contributed by atoms with E-state index < -0.39 is 0 Å². The van der Waals surface area contributed by atoms with Crippen LogP contribution in [0.1, 0.15) is 25.1 Å². The average Bonchev–Trinajstić information content (AvgIpc) is 2.82. The van der Waals surface area contributed by atoms with E-state index in [4.69, 9.17) is 4.98 Å². The van der Waals surface area contributed by atoms with Crippen molar-refractivity contribution in [1.82, 2.24) is 14.5 Å². The monoisotopic (exact) mass is 434 g/mol. The first kappa shape index (κ1) is 21.9. The molecule has 0 radical (unpaired) electrons. The molecule has 0 fully saturated rings. The fraction of sp³-hybridized carbons (Fsp3) is 0.320. The van der Waals surface area contributed by atoms with Crippen LogP contribution in [0.2, 0.25) is 0 Å². The van der Waals surface area contributed by atoms with Crippen molar-refractivity contribution < 1.29 is 9.18 Å². The van der Waals surface area contributed by atoms with Crippen LogP contribution in [0.3, 0.4) is 0 Å².